The zero-order chi connectivity index (χ0) is 21.1. The monoisotopic (exact) mass is 417 g/mol. The van der Waals surface area contributed by atoms with Crippen LogP contribution in [0.5, 0.6) is 0 Å². The van der Waals surface area contributed by atoms with Gasteiger partial charge < -0.3 is 9.47 Å². The lowest BCUT2D eigenvalue weighted by atomic mass is 10.2. The van der Waals surface area contributed by atoms with Gasteiger partial charge in [0.05, 0.1) is 11.0 Å². The third-order valence-electron chi connectivity index (χ3n) is 5.19. The lowest BCUT2D eigenvalue weighted by Gasteiger charge is -2.27. The highest BCUT2D eigenvalue weighted by Gasteiger charge is 2.21. The zero-order valence-corrected chi connectivity index (χ0v) is 17.9. The topological polar surface area (TPSA) is 38.1 Å². The Balaban J connectivity index is 1.70. The number of fused-ring (bicyclic) bond motifs is 1. The number of para-hydroxylation sites is 2. The van der Waals surface area contributed by atoms with Gasteiger partial charge in [0.1, 0.15) is 12.4 Å². The first-order valence-corrected chi connectivity index (χ1v) is 10.5. The number of imidazole rings is 1. The highest BCUT2D eigenvalue weighted by Crippen LogP contribution is 2.26. The molecule has 0 bridgehead atoms. The molecule has 3 aromatic carbocycles. The molecule has 0 aliphatic carbocycles. The van der Waals surface area contributed by atoms with Gasteiger partial charge in [-0.25, -0.2) is 4.98 Å². The van der Waals surface area contributed by atoms with E-state index in [1.165, 1.54) is 0 Å². The van der Waals surface area contributed by atoms with Gasteiger partial charge in [0, 0.05) is 23.2 Å². The van der Waals surface area contributed by atoms with E-state index in [9.17, 15) is 4.79 Å². The van der Waals surface area contributed by atoms with E-state index in [4.69, 9.17) is 16.6 Å². The van der Waals surface area contributed by atoms with E-state index in [-0.39, 0.29) is 18.5 Å². The molecule has 0 saturated heterocycles. The quantitative estimate of drug-likeness (QED) is 0.398. The van der Waals surface area contributed by atoms with Crippen molar-refractivity contribution >= 4 is 28.5 Å². The van der Waals surface area contributed by atoms with Gasteiger partial charge in [-0.15, -0.1) is 0 Å². The van der Waals surface area contributed by atoms with Gasteiger partial charge in [-0.3, -0.25) is 4.79 Å². The highest BCUT2D eigenvalue weighted by atomic mass is 35.5. The van der Waals surface area contributed by atoms with Gasteiger partial charge in [-0.1, -0.05) is 54.1 Å². The largest absolute Gasteiger partial charge is 0.334 e. The van der Waals surface area contributed by atoms with Crippen molar-refractivity contribution < 1.29 is 4.79 Å². The smallest absolute Gasteiger partial charge is 0.243 e. The molecule has 0 aliphatic rings. The van der Waals surface area contributed by atoms with Gasteiger partial charge in [0.2, 0.25) is 5.91 Å². The van der Waals surface area contributed by atoms with Crippen LogP contribution in [0.4, 0.5) is 0 Å². The number of benzene rings is 3. The molecule has 0 radical (unpaired) electrons. The van der Waals surface area contributed by atoms with Crippen molar-refractivity contribution in [2.45, 2.75) is 33.0 Å². The van der Waals surface area contributed by atoms with Crippen LogP contribution in [0.25, 0.3) is 22.4 Å². The Kier molecular flexibility index (Phi) is 5.86. The van der Waals surface area contributed by atoms with E-state index in [2.05, 4.69) is 12.1 Å². The molecule has 0 atom stereocenters. The van der Waals surface area contributed by atoms with Crippen LogP contribution in [0.3, 0.4) is 0 Å². The van der Waals surface area contributed by atoms with Crippen molar-refractivity contribution in [3.8, 4) is 11.4 Å². The summed E-state index contributed by atoms with van der Waals surface area (Å²) in [5, 5.41) is 0.673. The van der Waals surface area contributed by atoms with Crippen LogP contribution in [-0.4, -0.2) is 26.4 Å². The average molecular weight is 418 g/mol. The summed E-state index contributed by atoms with van der Waals surface area (Å²) in [5.41, 5.74) is 3.86. The van der Waals surface area contributed by atoms with Crippen LogP contribution >= 0.6 is 11.6 Å². The summed E-state index contributed by atoms with van der Waals surface area (Å²) in [5.74, 6) is 0.830. The molecule has 4 aromatic rings. The maximum Gasteiger partial charge on any atom is 0.243 e. The summed E-state index contributed by atoms with van der Waals surface area (Å²) in [6.07, 6.45) is 0. The normalized spacial score (nSPS) is 11.2. The van der Waals surface area contributed by atoms with E-state index in [0.29, 0.717) is 11.6 Å². The Labute approximate surface area is 181 Å². The average Bonchev–Trinajstić information content (AvgIpc) is 3.11. The predicted molar refractivity (Wildman–Crippen MR) is 122 cm³/mol. The third kappa shape index (κ3) is 4.24. The van der Waals surface area contributed by atoms with Crippen LogP contribution in [0, 0.1) is 0 Å². The van der Waals surface area contributed by atoms with Crippen molar-refractivity contribution in [3.63, 3.8) is 0 Å². The first-order chi connectivity index (χ1) is 14.5. The molecular weight excluding hydrogens is 394 g/mol. The third-order valence-corrected chi connectivity index (χ3v) is 5.44. The van der Waals surface area contributed by atoms with Crippen LogP contribution in [0.2, 0.25) is 5.02 Å². The number of rotatable bonds is 6. The minimum atomic E-state index is 0.0622. The second-order valence-corrected chi connectivity index (χ2v) is 8.05. The van der Waals surface area contributed by atoms with Gasteiger partial charge in [-0.2, -0.15) is 0 Å². The van der Waals surface area contributed by atoms with Crippen molar-refractivity contribution in [2.75, 3.05) is 0 Å². The molecule has 152 valence electrons. The Morgan fingerprint density at radius 2 is 1.63 bits per heavy atom. The summed E-state index contributed by atoms with van der Waals surface area (Å²) in [4.78, 5) is 20.1. The SMILES string of the molecule is CC(C)N(Cc1ccccc1)C(=O)Cn1c(-c2ccc(Cl)cc2)nc2ccccc21. The van der Waals surface area contributed by atoms with Crippen molar-refractivity contribution in [3.05, 3.63) is 89.4 Å². The van der Waals surface area contributed by atoms with Gasteiger partial charge >= 0.3 is 0 Å². The molecule has 0 unspecified atom stereocenters. The molecule has 0 fully saturated rings. The molecule has 4 rings (SSSR count). The zero-order valence-electron chi connectivity index (χ0n) is 17.1. The van der Waals surface area contributed by atoms with Gasteiger partial charge in [-0.05, 0) is 55.8 Å². The fourth-order valence-electron chi connectivity index (χ4n) is 3.62. The van der Waals surface area contributed by atoms with Crippen molar-refractivity contribution in [2.24, 2.45) is 0 Å². The predicted octanol–water partition coefficient (Wildman–Crippen LogP) is 5.79. The van der Waals surface area contributed by atoms with E-state index in [1.54, 1.807) is 0 Å². The fourth-order valence-corrected chi connectivity index (χ4v) is 3.75. The van der Waals surface area contributed by atoms with E-state index in [0.717, 1.165) is 28.0 Å². The molecule has 1 aromatic heterocycles. The van der Waals surface area contributed by atoms with Crippen LogP contribution < -0.4 is 0 Å². The molecule has 4 nitrogen and oxygen atoms in total. The lowest BCUT2D eigenvalue weighted by Crippen LogP contribution is -2.38. The summed E-state index contributed by atoms with van der Waals surface area (Å²) < 4.78 is 2.00. The van der Waals surface area contributed by atoms with E-state index in [1.807, 2.05) is 90.0 Å². The number of halogens is 1. The number of aromatic nitrogens is 2. The van der Waals surface area contributed by atoms with E-state index < -0.39 is 0 Å². The standard InChI is InChI=1S/C25H24ClN3O/c1-18(2)28(16-19-8-4-3-5-9-19)24(30)17-29-23-11-7-6-10-22(23)27-25(29)20-12-14-21(26)15-13-20/h3-15,18H,16-17H2,1-2H3. The number of nitrogens with zero attached hydrogens (tertiary/aromatic N) is 3. The second-order valence-electron chi connectivity index (χ2n) is 7.62. The number of carbonyl (C=O) groups is 1. The summed E-state index contributed by atoms with van der Waals surface area (Å²) in [6, 6.07) is 25.7. The maximum absolute atomic E-state index is 13.4. The van der Waals surface area contributed by atoms with Gasteiger partial charge in [0.25, 0.3) is 0 Å². The van der Waals surface area contributed by atoms with Crippen molar-refractivity contribution in [1.29, 1.82) is 0 Å². The fraction of sp³-hybridized carbons (Fsp3) is 0.200. The first-order valence-electron chi connectivity index (χ1n) is 10.1. The Morgan fingerprint density at radius 3 is 2.33 bits per heavy atom. The molecule has 0 spiro atoms. The molecule has 0 saturated carbocycles. The number of amides is 1. The van der Waals surface area contributed by atoms with Gasteiger partial charge in [0.15, 0.2) is 0 Å². The minimum absolute atomic E-state index is 0.0622. The molecule has 0 N–H and O–H groups in total. The maximum atomic E-state index is 13.4. The number of hydrogen-bond donors (Lipinski definition) is 0. The Hall–Kier alpha value is -3.11. The van der Waals surface area contributed by atoms with Crippen LogP contribution in [0.1, 0.15) is 19.4 Å². The molecule has 5 heteroatoms. The van der Waals surface area contributed by atoms with Crippen LogP contribution in [0.15, 0.2) is 78.9 Å². The number of carbonyl (C=O) groups excluding carboxylic acids is 1. The summed E-state index contributed by atoms with van der Waals surface area (Å²) >= 11 is 6.07. The Bertz CT molecular complexity index is 1150. The van der Waals surface area contributed by atoms with Crippen molar-refractivity contribution in [1.82, 2.24) is 14.5 Å². The minimum Gasteiger partial charge on any atom is -0.334 e. The molecule has 30 heavy (non-hydrogen) atoms. The lowest BCUT2D eigenvalue weighted by molar-refractivity contribution is -0.134. The molecular formula is C25H24ClN3O. The second kappa shape index (κ2) is 8.72. The molecule has 1 heterocycles. The number of hydrogen-bond acceptors (Lipinski definition) is 2. The van der Waals surface area contributed by atoms with E-state index >= 15 is 0 Å². The highest BCUT2D eigenvalue weighted by molar-refractivity contribution is 6.30. The summed E-state index contributed by atoms with van der Waals surface area (Å²) in [6.45, 7) is 4.91. The first kappa shape index (κ1) is 20.2. The molecule has 0 aliphatic heterocycles. The Morgan fingerprint density at radius 1 is 0.967 bits per heavy atom. The molecule has 1 amide bonds. The summed E-state index contributed by atoms with van der Waals surface area (Å²) in [7, 11) is 0. The van der Waals surface area contributed by atoms with Crippen LogP contribution in [-0.2, 0) is 17.9 Å².